The van der Waals surface area contributed by atoms with E-state index < -0.39 is 5.97 Å². The molecular formula is C16H13NO2S2. The second-order valence-electron chi connectivity index (χ2n) is 4.44. The summed E-state index contributed by atoms with van der Waals surface area (Å²) in [5.41, 5.74) is 2.60. The van der Waals surface area contributed by atoms with Gasteiger partial charge in [-0.2, -0.15) is 11.3 Å². The van der Waals surface area contributed by atoms with Crippen LogP contribution in [0.3, 0.4) is 0 Å². The molecule has 0 radical (unpaired) electrons. The zero-order chi connectivity index (χ0) is 14.7. The standard InChI is InChI=1S/C16H13NO2S2/c1-2-11-3-5-13(6-4-11)19-16(18)14-10-21-15(17-14)12-7-8-20-9-12/h3-10H,2H2,1H3. The third-order valence-electron chi connectivity index (χ3n) is 3.02. The highest BCUT2D eigenvalue weighted by Gasteiger charge is 2.14. The van der Waals surface area contributed by atoms with E-state index in [0.29, 0.717) is 11.4 Å². The number of nitrogens with zero attached hydrogens (tertiary/aromatic N) is 1. The molecule has 0 aliphatic rings. The first kappa shape index (κ1) is 14.0. The van der Waals surface area contributed by atoms with E-state index >= 15 is 0 Å². The molecule has 1 aromatic carbocycles. The number of carbonyl (C=O) groups is 1. The first-order valence-electron chi connectivity index (χ1n) is 6.55. The third kappa shape index (κ3) is 3.20. The van der Waals surface area contributed by atoms with Crippen molar-refractivity contribution in [3.63, 3.8) is 0 Å². The van der Waals surface area contributed by atoms with E-state index in [-0.39, 0.29) is 0 Å². The Kier molecular flexibility index (Phi) is 4.13. The Labute approximate surface area is 130 Å². The van der Waals surface area contributed by atoms with Gasteiger partial charge in [-0.15, -0.1) is 11.3 Å². The van der Waals surface area contributed by atoms with Gasteiger partial charge in [0.05, 0.1) is 0 Å². The molecular weight excluding hydrogens is 302 g/mol. The molecule has 0 bridgehead atoms. The fourth-order valence-electron chi connectivity index (χ4n) is 1.84. The van der Waals surface area contributed by atoms with Crippen LogP contribution in [0.15, 0.2) is 46.5 Å². The summed E-state index contributed by atoms with van der Waals surface area (Å²) in [5.74, 6) is 0.124. The average molecular weight is 315 g/mol. The van der Waals surface area contributed by atoms with Crippen LogP contribution >= 0.6 is 22.7 Å². The molecule has 0 aliphatic heterocycles. The van der Waals surface area contributed by atoms with E-state index in [1.165, 1.54) is 16.9 Å². The van der Waals surface area contributed by atoms with Crippen LogP contribution in [-0.2, 0) is 6.42 Å². The molecule has 0 aliphatic carbocycles. The van der Waals surface area contributed by atoms with Crippen LogP contribution in [-0.4, -0.2) is 11.0 Å². The van der Waals surface area contributed by atoms with Crippen molar-refractivity contribution in [1.29, 1.82) is 0 Å². The van der Waals surface area contributed by atoms with Gasteiger partial charge in [-0.05, 0) is 35.6 Å². The van der Waals surface area contributed by atoms with Crippen LogP contribution < -0.4 is 4.74 Å². The number of carbonyl (C=O) groups excluding carboxylic acids is 1. The number of thiophene rings is 1. The van der Waals surface area contributed by atoms with Crippen LogP contribution in [0.2, 0.25) is 0 Å². The summed E-state index contributed by atoms with van der Waals surface area (Å²) >= 11 is 3.06. The lowest BCUT2D eigenvalue weighted by Crippen LogP contribution is -2.08. The van der Waals surface area contributed by atoms with E-state index in [2.05, 4.69) is 11.9 Å². The van der Waals surface area contributed by atoms with Gasteiger partial charge >= 0.3 is 5.97 Å². The summed E-state index contributed by atoms with van der Waals surface area (Å²) in [7, 11) is 0. The molecule has 2 aromatic heterocycles. The Bertz CT molecular complexity index is 730. The average Bonchev–Trinajstić information content (AvgIpc) is 3.19. The summed E-state index contributed by atoms with van der Waals surface area (Å²) in [6, 6.07) is 9.52. The van der Waals surface area contributed by atoms with Gasteiger partial charge in [-0.25, -0.2) is 9.78 Å². The van der Waals surface area contributed by atoms with Gasteiger partial charge < -0.3 is 4.74 Å². The topological polar surface area (TPSA) is 39.2 Å². The van der Waals surface area contributed by atoms with Crippen molar-refractivity contribution >= 4 is 28.6 Å². The Morgan fingerprint density at radius 3 is 2.67 bits per heavy atom. The van der Waals surface area contributed by atoms with Gasteiger partial charge in [0, 0.05) is 16.3 Å². The second-order valence-corrected chi connectivity index (χ2v) is 6.08. The van der Waals surface area contributed by atoms with Crippen molar-refractivity contribution in [3.8, 4) is 16.3 Å². The van der Waals surface area contributed by atoms with Crippen LogP contribution in [0.1, 0.15) is 23.0 Å². The van der Waals surface area contributed by atoms with Crippen molar-refractivity contribution in [2.45, 2.75) is 13.3 Å². The molecule has 0 N–H and O–H groups in total. The minimum Gasteiger partial charge on any atom is -0.422 e. The van der Waals surface area contributed by atoms with E-state index in [0.717, 1.165) is 17.0 Å². The van der Waals surface area contributed by atoms with E-state index in [9.17, 15) is 4.79 Å². The molecule has 0 saturated heterocycles. The van der Waals surface area contributed by atoms with E-state index in [4.69, 9.17) is 4.74 Å². The first-order chi connectivity index (χ1) is 10.3. The Morgan fingerprint density at radius 2 is 2.00 bits per heavy atom. The third-order valence-corrected chi connectivity index (χ3v) is 4.60. The van der Waals surface area contributed by atoms with Gasteiger partial charge in [0.1, 0.15) is 10.8 Å². The van der Waals surface area contributed by atoms with E-state index in [1.807, 2.05) is 41.1 Å². The van der Waals surface area contributed by atoms with Crippen LogP contribution in [0, 0.1) is 0 Å². The Morgan fingerprint density at radius 1 is 1.19 bits per heavy atom. The summed E-state index contributed by atoms with van der Waals surface area (Å²) in [6.45, 7) is 2.09. The number of hydrogen-bond donors (Lipinski definition) is 0. The number of esters is 1. The molecule has 0 fully saturated rings. The smallest absolute Gasteiger partial charge is 0.363 e. The first-order valence-corrected chi connectivity index (χ1v) is 8.37. The van der Waals surface area contributed by atoms with Crippen LogP contribution in [0.4, 0.5) is 0 Å². The van der Waals surface area contributed by atoms with Crippen molar-refractivity contribution < 1.29 is 9.53 Å². The van der Waals surface area contributed by atoms with Gasteiger partial charge in [0.25, 0.3) is 0 Å². The van der Waals surface area contributed by atoms with Gasteiger partial charge in [-0.1, -0.05) is 19.1 Å². The highest BCUT2D eigenvalue weighted by atomic mass is 32.1. The van der Waals surface area contributed by atoms with Crippen molar-refractivity contribution in [2.75, 3.05) is 0 Å². The van der Waals surface area contributed by atoms with E-state index in [1.54, 1.807) is 16.7 Å². The molecule has 5 heteroatoms. The second kappa shape index (κ2) is 6.20. The molecule has 0 saturated carbocycles. The lowest BCUT2D eigenvalue weighted by atomic mass is 10.2. The SMILES string of the molecule is CCc1ccc(OC(=O)c2csc(-c3ccsc3)n2)cc1. The molecule has 3 rings (SSSR count). The summed E-state index contributed by atoms with van der Waals surface area (Å²) < 4.78 is 5.34. The number of ether oxygens (including phenoxy) is 1. The maximum absolute atomic E-state index is 12.1. The number of thiazole rings is 1. The number of aromatic nitrogens is 1. The lowest BCUT2D eigenvalue weighted by molar-refractivity contribution is 0.0729. The minimum atomic E-state index is -0.419. The highest BCUT2D eigenvalue weighted by molar-refractivity contribution is 7.14. The molecule has 0 spiro atoms. The van der Waals surface area contributed by atoms with Gasteiger partial charge in [0.2, 0.25) is 0 Å². The molecule has 2 heterocycles. The molecule has 0 atom stereocenters. The van der Waals surface area contributed by atoms with Crippen molar-refractivity contribution in [3.05, 3.63) is 57.7 Å². The Hall–Kier alpha value is -1.98. The molecule has 106 valence electrons. The number of hydrogen-bond acceptors (Lipinski definition) is 5. The summed E-state index contributed by atoms with van der Waals surface area (Å²) in [6.07, 6.45) is 0.963. The van der Waals surface area contributed by atoms with Crippen LogP contribution in [0.25, 0.3) is 10.6 Å². The summed E-state index contributed by atoms with van der Waals surface area (Å²) in [5, 5.41) is 6.57. The van der Waals surface area contributed by atoms with Gasteiger partial charge in [-0.3, -0.25) is 0 Å². The number of aryl methyl sites for hydroxylation is 1. The quantitative estimate of drug-likeness (QED) is 0.519. The predicted molar refractivity (Wildman–Crippen MR) is 86.2 cm³/mol. The fraction of sp³-hybridized carbons (Fsp3) is 0.125. The molecule has 3 aromatic rings. The molecule has 21 heavy (non-hydrogen) atoms. The zero-order valence-electron chi connectivity index (χ0n) is 11.4. The highest BCUT2D eigenvalue weighted by Crippen LogP contribution is 2.26. The molecule has 3 nitrogen and oxygen atoms in total. The minimum absolute atomic E-state index is 0.348. The van der Waals surface area contributed by atoms with Crippen LogP contribution in [0.5, 0.6) is 5.75 Å². The Balaban J connectivity index is 1.73. The number of benzene rings is 1. The van der Waals surface area contributed by atoms with Gasteiger partial charge in [0.15, 0.2) is 5.69 Å². The maximum Gasteiger partial charge on any atom is 0.363 e. The molecule has 0 amide bonds. The predicted octanol–water partition coefficient (Wildman–Crippen LogP) is 4.65. The number of rotatable bonds is 4. The van der Waals surface area contributed by atoms with Crippen molar-refractivity contribution in [1.82, 2.24) is 4.98 Å². The largest absolute Gasteiger partial charge is 0.422 e. The summed E-state index contributed by atoms with van der Waals surface area (Å²) in [4.78, 5) is 16.4. The normalized spacial score (nSPS) is 10.5. The maximum atomic E-state index is 12.1. The monoisotopic (exact) mass is 315 g/mol. The zero-order valence-corrected chi connectivity index (χ0v) is 13.0. The molecule has 0 unspecified atom stereocenters. The lowest BCUT2D eigenvalue weighted by Gasteiger charge is -2.03. The van der Waals surface area contributed by atoms with Crippen molar-refractivity contribution in [2.24, 2.45) is 0 Å². The fourth-order valence-corrected chi connectivity index (χ4v) is 3.34.